The van der Waals surface area contributed by atoms with Gasteiger partial charge in [-0.3, -0.25) is 19.8 Å². The summed E-state index contributed by atoms with van der Waals surface area (Å²) in [6.07, 6.45) is 0.430. The number of esters is 1. The first-order chi connectivity index (χ1) is 21.1. The van der Waals surface area contributed by atoms with E-state index in [0.717, 1.165) is 12.8 Å². The first-order valence-electron chi connectivity index (χ1n) is 14.5. The van der Waals surface area contributed by atoms with Crippen molar-refractivity contribution in [2.24, 2.45) is 5.92 Å². The molecule has 0 radical (unpaired) electrons. The number of benzene rings is 3. The Balaban J connectivity index is 1.51. The number of hydrogen-bond donors (Lipinski definition) is 2. The fourth-order valence-electron chi connectivity index (χ4n) is 6.96. The summed E-state index contributed by atoms with van der Waals surface area (Å²) in [5, 5.41) is 27.6. The van der Waals surface area contributed by atoms with Gasteiger partial charge in [-0.1, -0.05) is 53.5 Å². The number of nitrogens with one attached hydrogen (secondary N) is 1. The van der Waals surface area contributed by atoms with E-state index in [9.17, 15) is 24.8 Å². The molecule has 2 heterocycles. The highest BCUT2D eigenvalue weighted by Gasteiger charge is 2.71. The lowest BCUT2D eigenvalue weighted by Crippen LogP contribution is -2.53. The standard InChI is InChI=1S/C32H30Cl2FN3O6/c1-2-44-30(40)19-10-8-18(9-11-19)26(39)15-25-29(38(42)43)27(21-4-3-5-23(34)28(21)35)32(37(25)16-17-6-7-17)22-13-12-20(33)14-24(22)36-31(32)41/h3-5,8-14,17,25-27,29,39H,2,6-7,15-16H2,1H3,(H,36,41)/t25-,26-,27-,29+,32+/m0/s1. The second kappa shape index (κ2) is 11.7. The second-order valence-corrected chi connectivity index (χ2v) is 12.4. The topological polar surface area (TPSA) is 122 Å². The Labute approximate surface area is 263 Å². The van der Waals surface area contributed by atoms with Crippen LogP contribution in [-0.4, -0.2) is 52.0 Å². The molecule has 2 fully saturated rings. The largest absolute Gasteiger partial charge is 0.462 e. The molecule has 0 unspecified atom stereocenters. The summed E-state index contributed by atoms with van der Waals surface area (Å²) in [7, 11) is 0. The van der Waals surface area contributed by atoms with Gasteiger partial charge in [0.1, 0.15) is 11.4 Å². The molecule has 1 aliphatic carbocycles. The number of anilines is 1. The van der Waals surface area contributed by atoms with Crippen LogP contribution in [0, 0.1) is 21.8 Å². The third kappa shape index (κ3) is 5.03. The van der Waals surface area contributed by atoms with E-state index in [-0.39, 0.29) is 29.5 Å². The molecule has 2 N–H and O–H groups in total. The Morgan fingerprint density at radius 1 is 1.20 bits per heavy atom. The second-order valence-electron chi connectivity index (χ2n) is 11.6. The van der Waals surface area contributed by atoms with Gasteiger partial charge in [-0.15, -0.1) is 0 Å². The summed E-state index contributed by atoms with van der Waals surface area (Å²) < 4.78 is 20.9. The van der Waals surface area contributed by atoms with Crippen LogP contribution in [0.1, 0.15) is 65.3 Å². The monoisotopic (exact) mass is 641 g/mol. The van der Waals surface area contributed by atoms with Crippen LogP contribution in [0.15, 0.2) is 60.7 Å². The van der Waals surface area contributed by atoms with Gasteiger partial charge in [0, 0.05) is 33.3 Å². The minimum Gasteiger partial charge on any atom is -0.462 e. The lowest BCUT2D eigenvalue weighted by atomic mass is 9.73. The third-order valence-corrected chi connectivity index (χ3v) is 9.54. The van der Waals surface area contributed by atoms with Crippen LogP contribution in [0.3, 0.4) is 0 Å². The summed E-state index contributed by atoms with van der Waals surface area (Å²) in [5.74, 6) is -2.98. The van der Waals surface area contributed by atoms with E-state index in [1.54, 1.807) is 37.3 Å². The van der Waals surface area contributed by atoms with Gasteiger partial charge in [-0.25, -0.2) is 9.18 Å². The molecule has 9 nitrogen and oxygen atoms in total. The minimum atomic E-state index is -1.68. The van der Waals surface area contributed by atoms with Gasteiger partial charge in [-0.05, 0) is 68.0 Å². The Morgan fingerprint density at radius 2 is 1.93 bits per heavy atom. The van der Waals surface area contributed by atoms with Gasteiger partial charge < -0.3 is 15.2 Å². The highest BCUT2D eigenvalue weighted by atomic mass is 35.5. The van der Waals surface area contributed by atoms with Crippen molar-refractivity contribution in [3.63, 3.8) is 0 Å². The maximum absolute atomic E-state index is 15.9. The van der Waals surface area contributed by atoms with E-state index in [0.29, 0.717) is 33.9 Å². The van der Waals surface area contributed by atoms with Crippen LogP contribution in [0.25, 0.3) is 0 Å². The summed E-state index contributed by atoms with van der Waals surface area (Å²) >= 11 is 12.5. The lowest BCUT2D eigenvalue weighted by molar-refractivity contribution is -0.528. The van der Waals surface area contributed by atoms with Crippen LogP contribution in [0.5, 0.6) is 0 Å². The van der Waals surface area contributed by atoms with Crippen molar-refractivity contribution in [3.8, 4) is 0 Å². The highest BCUT2D eigenvalue weighted by Crippen LogP contribution is 2.60. The number of carbonyl (C=O) groups is 2. The van der Waals surface area contributed by atoms with Gasteiger partial charge in [-0.2, -0.15) is 0 Å². The van der Waals surface area contributed by atoms with Gasteiger partial charge in [0.25, 0.3) is 5.91 Å². The van der Waals surface area contributed by atoms with E-state index in [1.165, 1.54) is 30.3 Å². The number of carbonyl (C=O) groups excluding carboxylic acids is 2. The van der Waals surface area contributed by atoms with E-state index >= 15 is 4.39 Å². The van der Waals surface area contributed by atoms with Crippen LogP contribution in [0.2, 0.25) is 10.0 Å². The zero-order chi connectivity index (χ0) is 31.3. The Hall–Kier alpha value is -3.57. The first kappa shape index (κ1) is 30.5. The SMILES string of the molecule is CCOC(=O)c1ccc([C@@H](O)C[C@H]2[C@@H]([N+](=O)[O-])[C@H](c3cccc(Cl)c3F)[C@]3(C(=O)Nc4cc(Cl)ccc43)N2CC2CC2)cc1. The molecule has 1 saturated heterocycles. The summed E-state index contributed by atoms with van der Waals surface area (Å²) in [6, 6.07) is 12.9. The Kier molecular flexibility index (Phi) is 8.13. The fraction of sp³-hybridized carbons (Fsp3) is 0.375. The number of amides is 1. The molecule has 0 bridgehead atoms. The molecule has 3 aliphatic rings. The number of aliphatic hydroxyl groups is 1. The van der Waals surface area contributed by atoms with Crippen LogP contribution >= 0.6 is 23.2 Å². The van der Waals surface area contributed by atoms with E-state index < -0.39 is 52.3 Å². The molecule has 5 atom stereocenters. The number of fused-ring (bicyclic) bond motifs is 2. The van der Waals surface area contributed by atoms with Crippen molar-refractivity contribution in [2.45, 2.75) is 55.8 Å². The first-order valence-corrected chi connectivity index (χ1v) is 15.2. The number of ether oxygens (including phenoxy) is 1. The molecular weight excluding hydrogens is 612 g/mol. The molecule has 3 aromatic rings. The van der Waals surface area contributed by atoms with Gasteiger partial charge in [0.2, 0.25) is 6.04 Å². The van der Waals surface area contributed by atoms with Crippen molar-refractivity contribution in [3.05, 3.63) is 109 Å². The molecule has 1 saturated carbocycles. The summed E-state index contributed by atoms with van der Waals surface area (Å²) in [4.78, 5) is 40.9. The smallest absolute Gasteiger partial charge is 0.338 e. The van der Waals surface area contributed by atoms with Gasteiger partial charge >= 0.3 is 5.97 Å². The van der Waals surface area contributed by atoms with E-state index in [2.05, 4.69) is 5.32 Å². The van der Waals surface area contributed by atoms with Crippen LogP contribution in [-0.2, 0) is 15.1 Å². The predicted molar refractivity (Wildman–Crippen MR) is 162 cm³/mol. The predicted octanol–water partition coefficient (Wildman–Crippen LogP) is 6.10. The molecule has 12 heteroatoms. The van der Waals surface area contributed by atoms with Crippen molar-refractivity contribution < 1.29 is 28.7 Å². The summed E-state index contributed by atoms with van der Waals surface area (Å²) in [6.45, 7) is 2.24. The molecule has 1 spiro atoms. The molecule has 2 aliphatic heterocycles. The van der Waals surface area contributed by atoms with Crippen LogP contribution < -0.4 is 5.32 Å². The average molecular weight is 643 g/mol. The Morgan fingerprint density at radius 3 is 2.59 bits per heavy atom. The molecule has 3 aromatic carbocycles. The maximum atomic E-state index is 15.9. The number of likely N-dealkylation sites (tertiary alicyclic amines) is 1. The number of halogens is 3. The number of nitro groups is 1. The normalized spacial score (nSPS) is 25.1. The number of hydrogen-bond acceptors (Lipinski definition) is 7. The summed E-state index contributed by atoms with van der Waals surface area (Å²) in [5.41, 5.74) is -0.136. The molecule has 230 valence electrons. The van der Waals surface area contributed by atoms with Crippen LogP contribution in [0.4, 0.5) is 10.1 Å². The lowest BCUT2D eigenvalue weighted by Gasteiger charge is -2.39. The van der Waals surface area contributed by atoms with Crippen molar-refractivity contribution in [1.29, 1.82) is 0 Å². The molecule has 1 amide bonds. The van der Waals surface area contributed by atoms with Gasteiger partial charge in [0.05, 0.1) is 35.3 Å². The van der Waals surface area contributed by atoms with Crippen molar-refractivity contribution in [1.82, 2.24) is 4.90 Å². The molecular formula is C32H30Cl2FN3O6. The number of rotatable bonds is 9. The number of aliphatic hydroxyl groups excluding tert-OH is 1. The third-order valence-electron chi connectivity index (χ3n) is 9.01. The minimum absolute atomic E-state index is 0.0475. The van der Waals surface area contributed by atoms with Crippen molar-refractivity contribution >= 4 is 40.8 Å². The highest BCUT2D eigenvalue weighted by molar-refractivity contribution is 6.31. The molecule has 6 rings (SSSR count). The van der Waals surface area contributed by atoms with E-state index in [1.807, 2.05) is 4.90 Å². The Bertz CT molecular complexity index is 1630. The van der Waals surface area contributed by atoms with E-state index in [4.69, 9.17) is 27.9 Å². The fourth-order valence-corrected chi connectivity index (χ4v) is 7.31. The van der Waals surface area contributed by atoms with Gasteiger partial charge in [0.15, 0.2) is 0 Å². The average Bonchev–Trinajstić information content (AvgIpc) is 3.71. The zero-order valence-corrected chi connectivity index (χ0v) is 25.2. The van der Waals surface area contributed by atoms with Crippen molar-refractivity contribution in [2.75, 3.05) is 18.5 Å². The molecule has 0 aromatic heterocycles. The maximum Gasteiger partial charge on any atom is 0.338 e. The zero-order valence-electron chi connectivity index (χ0n) is 23.7. The number of nitrogens with zero attached hydrogens (tertiary/aromatic N) is 2. The quantitative estimate of drug-likeness (QED) is 0.164. The molecule has 44 heavy (non-hydrogen) atoms.